The molecule has 4 aromatic rings. The van der Waals surface area contributed by atoms with E-state index in [0.717, 1.165) is 22.2 Å². The zero-order valence-corrected chi connectivity index (χ0v) is 17.0. The van der Waals surface area contributed by atoms with Crippen LogP contribution in [0, 0.1) is 0 Å². The van der Waals surface area contributed by atoms with Crippen LogP contribution in [-0.4, -0.2) is 19.1 Å². The second-order valence-corrected chi connectivity index (χ2v) is 7.97. The van der Waals surface area contributed by atoms with Crippen molar-refractivity contribution in [3.8, 4) is 5.69 Å². The second kappa shape index (κ2) is 7.64. The molecule has 0 spiro atoms. The molecule has 6 heteroatoms. The van der Waals surface area contributed by atoms with Crippen LogP contribution in [0.5, 0.6) is 0 Å². The molecule has 0 N–H and O–H groups in total. The zero-order valence-electron chi connectivity index (χ0n) is 16.2. The summed E-state index contributed by atoms with van der Waals surface area (Å²) in [4.78, 5) is 21.7. The minimum absolute atomic E-state index is 0.0196. The first-order chi connectivity index (χ1) is 13.5. The fourth-order valence-corrected chi connectivity index (χ4v) is 4.09. The van der Waals surface area contributed by atoms with E-state index < -0.39 is 0 Å². The average molecular weight is 391 g/mol. The van der Waals surface area contributed by atoms with Gasteiger partial charge in [-0.3, -0.25) is 13.9 Å². The molecule has 0 aliphatic heterocycles. The van der Waals surface area contributed by atoms with Gasteiger partial charge in [-0.15, -0.1) is 0 Å². The molecule has 0 aliphatic rings. The third-order valence-corrected chi connectivity index (χ3v) is 5.81. The second-order valence-electron chi connectivity index (χ2n) is 7.02. The lowest BCUT2D eigenvalue weighted by atomic mass is 10.0. The standard InChI is InChI=1S/C22H22N4OS/c1-15(2)16-8-10-17(11-9-16)26-13-12-23-22(26)28-14-20-24-19-7-5-4-6-18(19)21(27)25(20)3/h4-13,15H,14H2,1-3H3. The summed E-state index contributed by atoms with van der Waals surface area (Å²) in [5.74, 6) is 1.81. The van der Waals surface area contributed by atoms with E-state index in [1.807, 2.05) is 30.5 Å². The molecule has 0 aliphatic carbocycles. The van der Waals surface area contributed by atoms with Gasteiger partial charge < -0.3 is 0 Å². The summed E-state index contributed by atoms with van der Waals surface area (Å²) in [5.41, 5.74) is 3.10. The highest BCUT2D eigenvalue weighted by Gasteiger charge is 2.11. The summed E-state index contributed by atoms with van der Waals surface area (Å²) in [6, 6.07) is 16.0. The van der Waals surface area contributed by atoms with Crippen LogP contribution in [0.15, 0.2) is 70.9 Å². The van der Waals surface area contributed by atoms with Crippen molar-refractivity contribution in [1.82, 2.24) is 19.1 Å². The number of benzene rings is 2. The first kappa shape index (κ1) is 18.5. The number of fused-ring (bicyclic) bond motifs is 1. The number of para-hydroxylation sites is 1. The molecule has 0 unspecified atom stereocenters. The van der Waals surface area contributed by atoms with E-state index in [4.69, 9.17) is 0 Å². The van der Waals surface area contributed by atoms with Gasteiger partial charge in [-0.05, 0) is 35.7 Å². The first-order valence-electron chi connectivity index (χ1n) is 9.25. The van der Waals surface area contributed by atoms with Crippen LogP contribution in [0.25, 0.3) is 16.6 Å². The minimum atomic E-state index is -0.0196. The highest BCUT2D eigenvalue weighted by molar-refractivity contribution is 7.98. The Morgan fingerprint density at radius 3 is 2.57 bits per heavy atom. The predicted octanol–water partition coefficient (Wildman–Crippen LogP) is 4.53. The number of hydrogen-bond donors (Lipinski definition) is 0. The van der Waals surface area contributed by atoms with Gasteiger partial charge in [0.25, 0.3) is 5.56 Å². The van der Waals surface area contributed by atoms with E-state index in [9.17, 15) is 4.79 Å². The van der Waals surface area contributed by atoms with E-state index in [-0.39, 0.29) is 5.56 Å². The number of hydrogen-bond acceptors (Lipinski definition) is 4. The summed E-state index contributed by atoms with van der Waals surface area (Å²) in [6.45, 7) is 4.38. The van der Waals surface area contributed by atoms with Gasteiger partial charge in [-0.1, -0.05) is 49.9 Å². The molecule has 0 amide bonds. The van der Waals surface area contributed by atoms with E-state index in [2.05, 4.69) is 52.6 Å². The largest absolute Gasteiger partial charge is 0.299 e. The number of aromatic nitrogens is 4. The number of thioether (sulfide) groups is 1. The Bertz CT molecular complexity index is 1180. The Hall–Kier alpha value is -2.86. The molecule has 0 radical (unpaired) electrons. The van der Waals surface area contributed by atoms with Crippen molar-refractivity contribution in [2.45, 2.75) is 30.7 Å². The summed E-state index contributed by atoms with van der Waals surface area (Å²) in [6.07, 6.45) is 3.76. The SMILES string of the molecule is CC(C)c1ccc(-n2ccnc2SCc2nc3ccccc3c(=O)n2C)cc1. The van der Waals surface area contributed by atoms with Gasteiger partial charge in [0.1, 0.15) is 5.82 Å². The van der Waals surface area contributed by atoms with Crippen molar-refractivity contribution >= 4 is 22.7 Å². The Morgan fingerprint density at radius 1 is 1.07 bits per heavy atom. The molecule has 2 aromatic carbocycles. The zero-order chi connectivity index (χ0) is 19.7. The summed E-state index contributed by atoms with van der Waals surface area (Å²) < 4.78 is 3.69. The maximum absolute atomic E-state index is 12.6. The molecule has 28 heavy (non-hydrogen) atoms. The van der Waals surface area contributed by atoms with Gasteiger partial charge in [-0.25, -0.2) is 9.97 Å². The van der Waals surface area contributed by atoms with Crippen molar-refractivity contribution in [3.05, 3.63) is 82.7 Å². The molecule has 2 heterocycles. The Kier molecular flexibility index (Phi) is 5.05. The van der Waals surface area contributed by atoms with Crippen LogP contribution in [0.4, 0.5) is 0 Å². The van der Waals surface area contributed by atoms with E-state index in [1.54, 1.807) is 29.6 Å². The van der Waals surface area contributed by atoms with Crippen LogP contribution in [-0.2, 0) is 12.8 Å². The maximum atomic E-state index is 12.6. The Balaban J connectivity index is 1.60. The molecule has 0 saturated carbocycles. The predicted molar refractivity (Wildman–Crippen MR) is 114 cm³/mol. The summed E-state index contributed by atoms with van der Waals surface area (Å²) >= 11 is 1.57. The topological polar surface area (TPSA) is 52.7 Å². The van der Waals surface area contributed by atoms with Gasteiger partial charge in [0, 0.05) is 25.1 Å². The molecular formula is C22H22N4OS. The van der Waals surface area contributed by atoms with Crippen LogP contribution in [0.1, 0.15) is 31.2 Å². The lowest BCUT2D eigenvalue weighted by Crippen LogP contribution is -2.21. The van der Waals surface area contributed by atoms with Crippen molar-refractivity contribution in [3.63, 3.8) is 0 Å². The van der Waals surface area contributed by atoms with Gasteiger partial charge >= 0.3 is 0 Å². The van der Waals surface area contributed by atoms with E-state index >= 15 is 0 Å². The van der Waals surface area contributed by atoms with Gasteiger partial charge in [0.05, 0.1) is 16.7 Å². The number of nitrogens with zero attached hydrogens (tertiary/aromatic N) is 4. The first-order valence-corrected chi connectivity index (χ1v) is 10.2. The normalized spacial score (nSPS) is 11.4. The van der Waals surface area contributed by atoms with Gasteiger partial charge in [0.2, 0.25) is 0 Å². The molecule has 2 aromatic heterocycles. The molecule has 0 saturated heterocycles. The smallest absolute Gasteiger partial charge is 0.261 e. The molecule has 0 bridgehead atoms. The average Bonchev–Trinajstić information content (AvgIpc) is 3.18. The van der Waals surface area contributed by atoms with Crippen LogP contribution in [0.3, 0.4) is 0 Å². The van der Waals surface area contributed by atoms with Crippen LogP contribution < -0.4 is 5.56 Å². The summed E-state index contributed by atoms with van der Waals surface area (Å²) in [7, 11) is 1.77. The molecule has 0 atom stereocenters. The molecule has 142 valence electrons. The minimum Gasteiger partial charge on any atom is -0.299 e. The Labute approximate surface area is 168 Å². The van der Waals surface area contributed by atoms with E-state index in [0.29, 0.717) is 17.1 Å². The maximum Gasteiger partial charge on any atom is 0.261 e. The highest BCUT2D eigenvalue weighted by Crippen LogP contribution is 2.25. The molecule has 4 rings (SSSR count). The van der Waals surface area contributed by atoms with Crippen molar-refractivity contribution in [1.29, 1.82) is 0 Å². The van der Waals surface area contributed by atoms with Gasteiger partial charge in [-0.2, -0.15) is 0 Å². The third-order valence-electron chi connectivity index (χ3n) is 4.85. The molecule has 5 nitrogen and oxygen atoms in total. The monoisotopic (exact) mass is 390 g/mol. The van der Waals surface area contributed by atoms with E-state index in [1.165, 1.54) is 5.56 Å². The van der Waals surface area contributed by atoms with Crippen LogP contribution in [0.2, 0.25) is 0 Å². The highest BCUT2D eigenvalue weighted by atomic mass is 32.2. The Morgan fingerprint density at radius 2 is 1.82 bits per heavy atom. The summed E-state index contributed by atoms with van der Waals surface area (Å²) in [5, 5.41) is 1.52. The molecule has 0 fully saturated rings. The lowest BCUT2D eigenvalue weighted by Gasteiger charge is -2.11. The lowest BCUT2D eigenvalue weighted by molar-refractivity contribution is 0.783. The molecular weight excluding hydrogens is 368 g/mol. The quantitative estimate of drug-likeness (QED) is 0.470. The van der Waals surface area contributed by atoms with Crippen LogP contribution >= 0.6 is 11.8 Å². The fraction of sp³-hybridized carbons (Fsp3) is 0.227. The van der Waals surface area contributed by atoms with Crippen molar-refractivity contribution < 1.29 is 0 Å². The number of rotatable bonds is 5. The number of imidazole rings is 1. The van der Waals surface area contributed by atoms with Crippen molar-refractivity contribution in [2.75, 3.05) is 0 Å². The third kappa shape index (κ3) is 3.47. The fourth-order valence-electron chi connectivity index (χ4n) is 3.13. The van der Waals surface area contributed by atoms with Gasteiger partial charge in [0.15, 0.2) is 5.16 Å². The van der Waals surface area contributed by atoms with Crippen molar-refractivity contribution in [2.24, 2.45) is 7.05 Å².